The molecule has 2 rings (SSSR count). The first kappa shape index (κ1) is 13.0. The standard InChI is InChI=1S/C12H12BrNO4/c13-11-6-5-8(14(16)17)7-10(11)12(15)18-9-3-1-2-4-9/h5-7,9H,1-4H2. The van der Waals surface area contributed by atoms with E-state index in [4.69, 9.17) is 4.74 Å². The summed E-state index contributed by atoms with van der Waals surface area (Å²) in [6.07, 6.45) is 3.82. The molecule has 96 valence electrons. The lowest BCUT2D eigenvalue weighted by Crippen LogP contribution is -2.15. The second-order valence-corrected chi connectivity index (χ2v) is 5.09. The van der Waals surface area contributed by atoms with Crippen molar-refractivity contribution in [1.29, 1.82) is 0 Å². The first-order valence-electron chi connectivity index (χ1n) is 5.73. The molecule has 0 spiro atoms. The van der Waals surface area contributed by atoms with Crippen LogP contribution in [0.15, 0.2) is 22.7 Å². The lowest BCUT2D eigenvalue weighted by Gasteiger charge is -2.11. The Balaban J connectivity index is 2.17. The van der Waals surface area contributed by atoms with Crippen LogP contribution in [0.2, 0.25) is 0 Å². The fourth-order valence-electron chi connectivity index (χ4n) is 2.00. The van der Waals surface area contributed by atoms with Gasteiger partial charge < -0.3 is 4.74 Å². The highest BCUT2D eigenvalue weighted by Crippen LogP contribution is 2.26. The third kappa shape index (κ3) is 2.87. The van der Waals surface area contributed by atoms with E-state index >= 15 is 0 Å². The summed E-state index contributed by atoms with van der Waals surface area (Å²) in [7, 11) is 0. The molecule has 0 amide bonds. The maximum atomic E-state index is 11.9. The first-order valence-corrected chi connectivity index (χ1v) is 6.52. The second kappa shape index (κ2) is 5.48. The van der Waals surface area contributed by atoms with E-state index in [9.17, 15) is 14.9 Å². The van der Waals surface area contributed by atoms with Crippen molar-refractivity contribution in [3.8, 4) is 0 Å². The number of hydrogen-bond acceptors (Lipinski definition) is 4. The fourth-order valence-corrected chi connectivity index (χ4v) is 2.41. The number of rotatable bonds is 3. The number of nitro groups is 1. The van der Waals surface area contributed by atoms with E-state index in [1.807, 2.05) is 0 Å². The van der Waals surface area contributed by atoms with Gasteiger partial charge in [-0.2, -0.15) is 0 Å². The molecule has 0 N–H and O–H groups in total. The Morgan fingerprint density at radius 3 is 2.67 bits per heavy atom. The van der Waals surface area contributed by atoms with Crippen molar-refractivity contribution in [2.45, 2.75) is 31.8 Å². The van der Waals surface area contributed by atoms with Crippen molar-refractivity contribution in [2.75, 3.05) is 0 Å². The van der Waals surface area contributed by atoms with Crippen LogP contribution in [0.3, 0.4) is 0 Å². The number of hydrogen-bond donors (Lipinski definition) is 0. The lowest BCUT2D eigenvalue weighted by molar-refractivity contribution is -0.384. The average molecular weight is 314 g/mol. The van der Waals surface area contributed by atoms with Crippen molar-refractivity contribution in [1.82, 2.24) is 0 Å². The molecule has 0 aromatic heterocycles. The van der Waals surface area contributed by atoms with Gasteiger partial charge in [-0.1, -0.05) is 0 Å². The number of nitro benzene ring substituents is 1. The van der Waals surface area contributed by atoms with Crippen molar-refractivity contribution in [2.24, 2.45) is 0 Å². The zero-order valence-corrected chi connectivity index (χ0v) is 11.2. The Morgan fingerprint density at radius 2 is 2.06 bits per heavy atom. The summed E-state index contributed by atoms with van der Waals surface area (Å²) >= 11 is 3.21. The molecule has 0 unspecified atom stereocenters. The van der Waals surface area contributed by atoms with Gasteiger partial charge in [0.15, 0.2) is 0 Å². The molecule has 0 radical (unpaired) electrons. The molecule has 18 heavy (non-hydrogen) atoms. The van der Waals surface area contributed by atoms with Crippen LogP contribution in [-0.2, 0) is 4.74 Å². The van der Waals surface area contributed by atoms with Crippen molar-refractivity contribution < 1.29 is 14.5 Å². The molecule has 1 aromatic rings. The average Bonchev–Trinajstić information content (AvgIpc) is 2.81. The van der Waals surface area contributed by atoms with Crippen molar-refractivity contribution in [3.05, 3.63) is 38.3 Å². The lowest BCUT2D eigenvalue weighted by atomic mass is 10.2. The summed E-state index contributed by atoms with van der Waals surface area (Å²) in [6, 6.07) is 4.07. The molecule has 0 aliphatic heterocycles. The molecular formula is C12H12BrNO4. The molecule has 1 saturated carbocycles. The van der Waals surface area contributed by atoms with Gasteiger partial charge in [-0.05, 0) is 47.7 Å². The van der Waals surface area contributed by atoms with Crippen molar-refractivity contribution >= 4 is 27.6 Å². The molecule has 1 aromatic carbocycles. The zero-order chi connectivity index (χ0) is 13.1. The van der Waals surface area contributed by atoms with Crippen LogP contribution in [0.5, 0.6) is 0 Å². The van der Waals surface area contributed by atoms with Crippen LogP contribution in [-0.4, -0.2) is 17.0 Å². The minimum atomic E-state index is -0.529. The Morgan fingerprint density at radius 1 is 1.39 bits per heavy atom. The molecule has 5 nitrogen and oxygen atoms in total. The van der Waals surface area contributed by atoms with E-state index in [1.165, 1.54) is 18.2 Å². The Kier molecular flexibility index (Phi) is 3.96. The zero-order valence-electron chi connectivity index (χ0n) is 9.60. The number of ether oxygens (including phenoxy) is 1. The van der Waals surface area contributed by atoms with Crippen LogP contribution < -0.4 is 0 Å². The van der Waals surface area contributed by atoms with Crippen LogP contribution >= 0.6 is 15.9 Å². The molecule has 1 aliphatic rings. The number of esters is 1. The summed E-state index contributed by atoms with van der Waals surface area (Å²) in [5, 5.41) is 10.7. The predicted octanol–water partition coefficient (Wildman–Crippen LogP) is 3.46. The number of carbonyl (C=O) groups excluding carboxylic acids is 1. The molecule has 1 aliphatic carbocycles. The molecule has 1 fully saturated rings. The molecule has 0 heterocycles. The summed E-state index contributed by atoms with van der Waals surface area (Å²) in [6.45, 7) is 0. The Hall–Kier alpha value is -1.43. The van der Waals surface area contributed by atoms with E-state index in [-0.39, 0.29) is 17.4 Å². The third-order valence-electron chi connectivity index (χ3n) is 2.96. The maximum Gasteiger partial charge on any atom is 0.339 e. The van der Waals surface area contributed by atoms with E-state index < -0.39 is 10.9 Å². The van der Waals surface area contributed by atoms with Gasteiger partial charge in [0, 0.05) is 16.6 Å². The highest BCUT2D eigenvalue weighted by Gasteiger charge is 2.22. The first-order chi connectivity index (χ1) is 8.58. The molecule has 0 atom stereocenters. The Labute approximate surface area is 112 Å². The smallest absolute Gasteiger partial charge is 0.339 e. The maximum absolute atomic E-state index is 11.9. The van der Waals surface area contributed by atoms with Gasteiger partial charge in [0.25, 0.3) is 5.69 Å². The SMILES string of the molecule is O=C(OC1CCCC1)c1cc([N+](=O)[O-])ccc1Br. The predicted molar refractivity (Wildman–Crippen MR) is 68.5 cm³/mol. The molecule has 6 heteroatoms. The number of nitrogens with zero attached hydrogens (tertiary/aromatic N) is 1. The van der Waals surface area contributed by atoms with Gasteiger partial charge in [0.2, 0.25) is 0 Å². The molecule has 0 saturated heterocycles. The highest BCUT2D eigenvalue weighted by atomic mass is 79.9. The molecule has 0 bridgehead atoms. The van der Waals surface area contributed by atoms with Gasteiger partial charge in [-0.3, -0.25) is 10.1 Å². The fraction of sp³-hybridized carbons (Fsp3) is 0.417. The summed E-state index contributed by atoms with van der Waals surface area (Å²) < 4.78 is 5.83. The highest BCUT2D eigenvalue weighted by molar-refractivity contribution is 9.10. The largest absolute Gasteiger partial charge is 0.459 e. The molecular weight excluding hydrogens is 302 g/mol. The summed E-state index contributed by atoms with van der Waals surface area (Å²) in [4.78, 5) is 22.1. The summed E-state index contributed by atoms with van der Waals surface area (Å²) in [5.41, 5.74) is 0.0904. The third-order valence-corrected chi connectivity index (χ3v) is 3.65. The van der Waals surface area contributed by atoms with Gasteiger partial charge in [-0.25, -0.2) is 4.79 Å². The van der Waals surface area contributed by atoms with Gasteiger partial charge >= 0.3 is 5.97 Å². The van der Waals surface area contributed by atoms with Gasteiger partial charge in [-0.15, -0.1) is 0 Å². The number of carbonyl (C=O) groups is 1. The minimum Gasteiger partial charge on any atom is -0.459 e. The quantitative estimate of drug-likeness (QED) is 0.487. The van der Waals surface area contributed by atoms with Gasteiger partial charge in [0.1, 0.15) is 6.10 Å². The van der Waals surface area contributed by atoms with Crippen LogP contribution in [0, 0.1) is 10.1 Å². The Bertz CT molecular complexity index is 483. The summed E-state index contributed by atoms with van der Waals surface area (Å²) in [5.74, 6) is -0.502. The van der Waals surface area contributed by atoms with Crippen LogP contribution in [0.1, 0.15) is 36.0 Å². The number of halogens is 1. The topological polar surface area (TPSA) is 69.4 Å². The van der Waals surface area contributed by atoms with Crippen molar-refractivity contribution in [3.63, 3.8) is 0 Å². The van der Waals surface area contributed by atoms with E-state index in [2.05, 4.69) is 15.9 Å². The number of benzene rings is 1. The van der Waals surface area contributed by atoms with Crippen LogP contribution in [0.25, 0.3) is 0 Å². The van der Waals surface area contributed by atoms with E-state index in [1.54, 1.807) is 0 Å². The van der Waals surface area contributed by atoms with E-state index in [0.717, 1.165) is 25.7 Å². The minimum absolute atomic E-state index is 0.0522. The van der Waals surface area contributed by atoms with E-state index in [0.29, 0.717) is 4.47 Å². The van der Waals surface area contributed by atoms with Gasteiger partial charge in [0.05, 0.1) is 10.5 Å². The number of non-ortho nitro benzene ring substituents is 1. The monoisotopic (exact) mass is 313 g/mol. The normalized spacial score (nSPS) is 15.6. The van der Waals surface area contributed by atoms with Crippen LogP contribution in [0.4, 0.5) is 5.69 Å². The second-order valence-electron chi connectivity index (χ2n) is 4.23.